The van der Waals surface area contributed by atoms with Crippen molar-refractivity contribution in [2.24, 2.45) is 5.92 Å². The van der Waals surface area contributed by atoms with Gasteiger partial charge in [-0.05, 0) is 39.3 Å². The van der Waals surface area contributed by atoms with E-state index >= 15 is 0 Å². The Kier molecular flexibility index (Phi) is 6.02. The van der Waals surface area contributed by atoms with Gasteiger partial charge in [-0.15, -0.1) is 0 Å². The molecule has 5 N–H and O–H groups in total. The van der Waals surface area contributed by atoms with Crippen LogP contribution in [-0.4, -0.2) is 61.7 Å². The minimum atomic E-state index is -1.06. The molecule has 0 radical (unpaired) electrons. The number of aromatic nitrogens is 3. The molecule has 0 aromatic carbocycles. The molecule has 3 aromatic heterocycles. The number of nitrogens with one attached hydrogen (secondary N) is 2. The first-order valence-corrected chi connectivity index (χ1v) is 10.6. The highest BCUT2D eigenvalue weighted by atomic mass is 35.5. The highest BCUT2D eigenvalue weighted by molar-refractivity contribution is 6.32. The summed E-state index contributed by atoms with van der Waals surface area (Å²) in [5.74, 6) is 0.736. The number of halogens is 1. The molecular weight excluding hydrogens is 422 g/mol. The number of pyridine rings is 1. The summed E-state index contributed by atoms with van der Waals surface area (Å²) >= 11 is 6.55. The molecule has 0 bridgehead atoms. The first-order valence-electron chi connectivity index (χ1n) is 10.3. The van der Waals surface area contributed by atoms with Gasteiger partial charge in [0.15, 0.2) is 5.58 Å². The predicted octanol–water partition coefficient (Wildman–Crippen LogP) is 2.50. The van der Waals surface area contributed by atoms with Gasteiger partial charge < -0.3 is 30.4 Å². The lowest BCUT2D eigenvalue weighted by atomic mass is 10.1. The number of furan rings is 1. The molecule has 1 aliphatic carbocycles. The summed E-state index contributed by atoms with van der Waals surface area (Å²) in [5.41, 5.74) is 2.73. The van der Waals surface area contributed by atoms with Crippen LogP contribution in [0.1, 0.15) is 24.7 Å². The van der Waals surface area contributed by atoms with Crippen molar-refractivity contribution < 1.29 is 19.7 Å². The lowest BCUT2D eigenvalue weighted by Gasteiger charge is -2.20. The Labute approximate surface area is 184 Å². The molecule has 1 aliphatic rings. The zero-order valence-corrected chi connectivity index (χ0v) is 18.3. The van der Waals surface area contributed by atoms with Gasteiger partial charge in [-0.3, -0.25) is 4.98 Å². The molecule has 0 spiro atoms. The number of aliphatic hydroxyl groups is 3. The summed E-state index contributed by atoms with van der Waals surface area (Å²) in [7, 11) is 0. The molecule has 9 nitrogen and oxygen atoms in total. The van der Waals surface area contributed by atoms with Gasteiger partial charge in [0.2, 0.25) is 5.95 Å². The number of aliphatic hydroxyl groups excluding tert-OH is 3. The second-order valence-corrected chi connectivity index (χ2v) is 8.24. The number of fused-ring (bicyclic) bond motifs is 1. The number of nitrogens with zero attached hydrogens (tertiary/aromatic N) is 3. The van der Waals surface area contributed by atoms with Crippen LogP contribution in [0.2, 0.25) is 5.15 Å². The van der Waals surface area contributed by atoms with E-state index in [9.17, 15) is 15.3 Å². The fraction of sp³-hybridized carbons (Fsp3) is 0.476. The summed E-state index contributed by atoms with van der Waals surface area (Å²) in [5, 5.41) is 37.4. The maximum atomic E-state index is 10.5. The fourth-order valence-electron chi connectivity index (χ4n) is 4.11. The van der Waals surface area contributed by atoms with Gasteiger partial charge >= 0.3 is 0 Å². The summed E-state index contributed by atoms with van der Waals surface area (Å²) in [6, 6.07) is 3.25. The van der Waals surface area contributed by atoms with Gasteiger partial charge in [0, 0.05) is 30.1 Å². The van der Waals surface area contributed by atoms with Crippen LogP contribution in [0.25, 0.3) is 22.3 Å². The van der Waals surface area contributed by atoms with Crippen LogP contribution in [0.4, 0.5) is 11.8 Å². The van der Waals surface area contributed by atoms with Gasteiger partial charge in [-0.1, -0.05) is 11.6 Å². The highest BCUT2D eigenvalue weighted by Crippen LogP contribution is 2.39. The number of anilines is 2. The van der Waals surface area contributed by atoms with Crippen molar-refractivity contribution >= 4 is 34.3 Å². The SMILES string of the molecule is CCNc1nc(Cl)c(-c2cc3cc(C)nc(C)c3o2)c(N[C@@H]2C[C@H](CO)[C@@H](O)[C@H]2O)n1. The van der Waals surface area contributed by atoms with Gasteiger partial charge in [-0.25, -0.2) is 4.98 Å². The smallest absolute Gasteiger partial charge is 0.226 e. The van der Waals surface area contributed by atoms with Crippen LogP contribution in [0, 0.1) is 19.8 Å². The topological polar surface area (TPSA) is 137 Å². The average Bonchev–Trinajstić information content (AvgIpc) is 3.24. The van der Waals surface area contributed by atoms with Gasteiger partial charge in [0.1, 0.15) is 22.8 Å². The maximum Gasteiger partial charge on any atom is 0.226 e. The quantitative estimate of drug-likeness (QED) is 0.361. The molecule has 3 heterocycles. The predicted molar refractivity (Wildman–Crippen MR) is 118 cm³/mol. The lowest BCUT2D eigenvalue weighted by molar-refractivity contribution is 0.00446. The molecule has 1 fully saturated rings. The van der Waals surface area contributed by atoms with Gasteiger partial charge in [-0.2, -0.15) is 4.98 Å². The molecule has 3 aromatic rings. The average molecular weight is 448 g/mol. The highest BCUT2D eigenvalue weighted by Gasteiger charge is 2.41. The minimum Gasteiger partial charge on any atom is -0.454 e. The zero-order valence-electron chi connectivity index (χ0n) is 17.6. The zero-order chi connectivity index (χ0) is 22.3. The van der Waals surface area contributed by atoms with Crippen molar-refractivity contribution in [3.05, 3.63) is 28.7 Å². The molecular formula is C21H26ClN5O4. The molecule has 4 atom stereocenters. The Morgan fingerprint density at radius 2 is 1.94 bits per heavy atom. The van der Waals surface area contributed by atoms with Crippen molar-refractivity contribution in [3.8, 4) is 11.3 Å². The molecule has 0 saturated heterocycles. The Balaban J connectivity index is 1.80. The molecule has 31 heavy (non-hydrogen) atoms. The van der Waals surface area contributed by atoms with Gasteiger partial charge in [0.05, 0.1) is 23.4 Å². The largest absolute Gasteiger partial charge is 0.454 e. The Morgan fingerprint density at radius 1 is 1.16 bits per heavy atom. The van der Waals surface area contributed by atoms with Crippen molar-refractivity contribution in [1.29, 1.82) is 0 Å². The Hall–Kier alpha value is -2.46. The van der Waals surface area contributed by atoms with Gasteiger partial charge in [0.25, 0.3) is 0 Å². The third-order valence-electron chi connectivity index (χ3n) is 5.60. The maximum absolute atomic E-state index is 10.5. The van der Waals surface area contributed by atoms with Crippen molar-refractivity contribution in [2.45, 2.75) is 45.4 Å². The van der Waals surface area contributed by atoms with E-state index in [1.165, 1.54) is 0 Å². The van der Waals surface area contributed by atoms with Crippen molar-refractivity contribution in [1.82, 2.24) is 15.0 Å². The molecule has 1 saturated carbocycles. The molecule has 0 amide bonds. The molecule has 166 valence electrons. The second kappa shape index (κ2) is 8.58. The first-order chi connectivity index (χ1) is 14.8. The monoisotopic (exact) mass is 447 g/mol. The number of hydrogen-bond acceptors (Lipinski definition) is 9. The Bertz CT molecular complexity index is 1110. The van der Waals surface area contributed by atoms with E-state index in [4.69, 9.17) is 16.0 Å². The normalized spacial score (nSPS) is 23.5. The molecule has 4 rings (SSSR count). The van der Waals surface area contributed by atoms with Crippen molar-refractivity contribution in [3.63, 3.8) is 0 Å². The second-order valence-electron chi connectivity index (χ2n) is 7.88. The van der Waals surface area contributed by atoms with E-state index < -0.39 is 24.2 Å². The van der Waals surface area contributed by atoms with Crippen molar-refractivity contribution in [2.75, 3.05) is 23.8 Å². The summed E-state index contributed by atoms with van der Waals surface area (Å²) < 4.78 is 6.08. The van der Waals surface area contributed by atoms with Crippen LogP contribution in [0.3, 0.4) is 0 Å². The van der Waals surface area contributed by atoms with E-state index in [2.05, 4.69) is 25.6 Å². The van der Waals surface area contributed by atoms with E-state index in [1.807, 2.05) is 32.9 Å². The molecule has 0 unspecified atom stereocenters. The number of rotatable bonds is 6. The third kappa shape index (κ3) is 4.06. The summed E-state index contributed by atoms with van der Waals surface area (Å²) in [4.78, 5) is 13.3. The standard InChI is InChI=1S/C21H26ClN5O4/c1-4-23-21-26-19(22)15(14-7-11-5-9(2)24-10(3)18(11)31-14)20(27-21)25-13-6-12(8-28)16(29)17(13)30/h5,7,12-13,16-17,28-30H,4,6,8H2,1-3H3,(H2,23,25,26,27)/t12-,13-,16-,17+/m1/s1. The fourth-order valence-corrected chi connectivity index (χ4v) is 4.37. The molecule has 0 aliphatic heterocycles. The van der Waals surface area contributed by atoms with Crippen LogP contribution in [0.15, 0.2) is 16.5 Å². The van der Waals surface area contributed by atoms with Crippen LogP contribution < -0.4 is 10.6 Å². The number of aryl methyl sites for hydroxylation is 2. The van der Waals surface area contributed by atoms with E-state index in [1.54, 1.807) is 0 Å². The van der Waals surface area contributed by atoms with E-state index in [0.29, 0.717) is 41.6 Å². The van der Waals surface area contributed by atoms with Crippen LogP contribution >= 0.6 is 11.6 Å². The van der Waals surface area contributed by atoms with E-state index in [0.717, 1.165) is 16.8 Å². The van der Waals surface area contributed by atoms with E-state index in [-0.39, 0.29) is 11.8 Å². The summed E-state index contributed by atoms with van der Waals surface area (Å²) in [6.07, 6.45) is -1.72. The first kappa shape index (κ1) is 21.8. The Morgan fingerprint density at radius 3 is 2.61 bits per heavy atom. The van der Waals surface area contributed by atoms with Crippen LogP contribution in [0.5, 0.6) is 0 Å². The van der Waals surface area contributed by atoms with Crippen LogP contribution in [-0.2, 0) is 0 Å². The third-order valence-corrected chi connectivity index (χ3v) is 5.88. The minimum absolute atomic E-state index is 0.182. The number of hydrogen-bond donors (Lipinski definition) is 5. The summed E-state index contributed by atoms with van der Waals surface area (Å²) in [6.45, 7) is 6.09. The molecule has 10 heteroatoms. The lowest BCUT2D eigenvalue weighted by Crippen LogP contribution is -2.35.